The number of halogens is 2. The molecule has 0 amide bonds. The van der Waals surface area contributed by atoms with Gasteiger partial charge in [0.15, 0.2) is 0 Å². The normalized spacial score (nSPS) is 12.7. The average molecular weight is 504 g/mol. The Bertz CT molecular complexity index is 1030. The lowest BCUT2D eigenvalue weighted by Crippen LogP contribution is -2.29. The van der Waals surface area contributed by atoms with Crippen molar-refractivity contribution in [3.05, 3.63) is 62.8 Å². The molecule has 0 aliphatic heterocycles. The van der Waals surface area contributed by atoms with E-state index in [0.717, 1.165) is 30.8 Å². The van der Waals surface area contributed by atoms with Crippen LogP contribution in [0.1, 0.15) is 29.7 Å². The smallest absolute Gasteiger partial charge is 0.305 e. The molecule has 10 heteroatoms. The number of thiazole rings is 1. The minimum atomic E-state index is -0.766. The van der Waals surface area contributed by atoms with Gasteiger partial charge in [-0.25, -0.2) is 0 Å². The van der Waals surface area contributed by atoms with Crippen LogP contribution in [-0.2, 0) is 17.7 Å². The minimum absolute atomic E-state index is 0. The number of methoxy groups -OCH3 is 1. The van der Waals surface area contributed by atoms with E-state index in [4.69, 9.17) is 4.74 Å². The van der Waals surface area contributed by atoms with E-state index < -0.39 is 6.10 Å². The first-order valence-corrected chi connectivity index (χ1v) is 10.8. The lowest BCUT2D eigenvalue weighted by Gasteiger charge is -2.14. The Kier molecular flexibility index (Phi) is 12.2. The van der Waals surface area contributed by atoms with Crippen LogP contribution < -0.4 is 15.5 Å². The number of nitrogens with one attached hydrogen (secondary N) is 3. The molecule has 7 nitrogen and oxygen atoms in total. The Hall–Kier alpha value is -1.65. The maximum Gasteiger partial charge on any atom is 0.305 e. The lowest BCUT2D eigenvalue weighted by molar-refractivity contribution is 0.171. The third kappa shape index (κ3) is 7.74. The van der Waals surface area contributed by atoms with Crippen LogP contribution in [0.25, 0.3) is 10.2 Å². The van der Waals surface area contributed by atoms with Gasteiger partial charge in [0.25, 0.3) is 0 Å². The summed E-state index contributed by atoms with van der Waals surface area (Å²) >= 11 is 0.996. The maximum absolute atomic E-state index is 11.6. The van der Waals surface area contributed by atoms with E-state index in [1.54, 1.807) is 13.2 Å². The van der Waals surface area contributed by atoms with Crippen molar-refractivity contribution in [3.63, 3.8) is 0 Å². The van der Waals surface area contributed by atoms with Gasteiger partial charge >= 0.3 is 4.87 Å². The van der Waals surface area contributed by atoms with Gasteiger partial charge in [-0.1, -0.05) is 41.7 Å². The van der Waals surface area contributed by atoms with Crippen LogP contribution in [0.2, 0.25) is 0 Å². The highest BCUT2D eigenvalue weighted by Gasteiger charge is 2.15. The zero-order valence-electron chi connectivity index (χ0n) is 18.1. The molecular formula is C22H31Cl2N3O4S. The van der Waals surface area contributed by atoms with Gasteiger partial charge in [0.05, 0.1) is 17.4 Å². The number of phenolic OH excluding ortho intramolecular Hbond substituents is 1. The summed E-state index contributed by atoms with van der Waals surface area (Å²) in [5, 5.41) is 27.1. The van der Waals surface area contributed by atoms with Gasteiger partial charge < -0.3 is 30.6 Å². The molecule has 5 N–H and O–H groups in total. The molecule has 1 unspecified atom stereocenters. The Morgan fingerprint density at radius 2 is 1.94 bits per heavy atom. The van der Waals surface area contributed by atoms with Crippen LogP contribution in [-0.4, -0.2) is 48.0 Å². The zero-order valence-corrected chi connectivity index (χ0v) is 20.5. The molecule has 2 aromatic carbocycles. The second-order valence-electron chi connectivity index (χ2n) is 7.42. The number of aliphatic hydroxyl groups is 1. The molecule has 3 aromatic rings. The third-order valence-corrected chi connectivity index (χ3v) is 5.87. The van der Waals surface area contributed by atoms with Gasteiger partial charge in [0, 0.05) is 31.8 Å². The Balaban J connectivity index is 0.00000256. The van der Waals surface area contributed by atoms with Crippen LogP contribution in [0.3, 0.4) is 0 Å². The first-order chi connectivity index (χ1) is 14.5. The van der Waals surface area contributed by atoms with E-state index in [0.29, 0.717) is 35.0 Å². The predicted octanol–water partition coefficient (Wildman–Crippen LogP) is 3.13. The van der Waals surface area contributed by atoms with Crippen LogP contribution in [0.4, 0.5) is 0 Å². The molecule has 0 spiro atoms. The number of benzene rings is 2. The standard InChI is InChI=1S/C22H29N3O4S.2ClH/c1-14(13-29-2)24-11-16-5-3-4-15(10-16)8-9-23-12-19(27)17-6-7-18(26)20-21(17)30-22(28)25-20;;/h3-7,10,14,19,23-24,26-27H,8-9,11-13H2,1-2H3,(H,25,28);2*1H/t14-,19?;;/m0../s1. The molecule has 0 saturated carbocycles. The average Bonchev–Trinajstić information content (AvgIpc) is 3.12. The number of fused-ring (bicyclic) bond motifs is 1. The summed E-state index contributed by atoms with van der Waals surface area (Å²) in [7, 11) is 1.70. The van der Waals surface area contributed by atoms with Crippen LogP contribution in [0, 0.1) is 0 Å². The fraction of sp³-hybridized carbons (Fsp3) is 0.409. The number of phenols is 1. The highest BCUT2D eigenvalue weighted by Crippen LogP contribution is 2.31. The summed E-state index contributed by atoms with van der Waals surface area (Å²) in [5.74, 6) is 0.0123. The molecule has 3 rings (SSSR count). The predicted molar refractivity (Wildman–Crippen MR) is 135 cm³/mol. The van der Waals surface area contributed by atoms with Crippen LogP contribution in [0.15, 0.2) is 41.2 Å². The quantitative estimate of drug-likeness (QED) is 0.257. The first kappa shape index (κ1) is 28.4. The van der Waals surface area contributed by atoms with Crippen molar-refractivity contribution in [3.8, 4) is 5.75 Å². The zero-order chi connectivity index (χ0) is 21.5. The van der Waals surface area contributed by atoms with E-state index in [1.165, 1.54) is 17.2 Å². The minimum Gasteiger partial charge on any atom is -0.506 e. The van der Waals surface area contributed by atoms with Crippen molar-refractivity contribution in [1.29, 1.82) is 0 Å². The molecule has 0 aliphatic carbocycles. The van der Waals surface area contributed by atoms with E-state index in [-0.39, 0.29) is 35.4 Å². The summed E-state index contributed by atoms with van der Waals surface area (Å²) in [6.07, 6.45) is 0.0776. The van der Waals surface area contributed by atoms with E-state index >= 15 is 0 Å². The van der Waals surface area contributed by atoms with E-state index in [9.17, 15) is 15.0 Å². The largest absolute Gasteiger partial charge is 0.506 e. The summed E-state index contributed by atoms with van der Waals surface area (Å²) in [6, 6.07) is 11.9. The van der Waals surface area contributed by atoms with E-state index in [2.05, 4.69) is 46.8 Å². The molecular weight excluding hydrogens is 473 g/mol. The van der Waals surface area contributed by atoms with Gasteiger partial charge in [0.2, 0.25) is 0 Å². The highest BCUT2D eigenvalue weighted by molar-refractivity contribution is 7.16. The number of hydrogen-bond donors (Lipinski definition) is 5. The Morgan fingerprint density at radius 3 is 2.69 bits per heavy atom. The summed E-state index contributed by atoms with van der Waals surface area (Å²) < 4.78 is 5.74. The molecule has 0 bridgehead atoms. The summed E-state index contributed by atoms with van der Waals surface area (Å²) in [6.45, 7) is 4.65. The molecule has 1 heterocycles. The second-order valence-corrected chi connectivity index (χ2v) is 8.40. The Morgan fingerprint density at radius 1 is 1.19 bits per heavy atom. The van der Waals surface area contributed by atoms with Gasteiger partial charge in [-0.05, 0) is 37.1 Å². The molecule has 2 atom stereocenters. The number of aromatic hydroxyl groups is 1. The van der Waals surface area contributed by atoms with Crippen molar-refractivity contribution in [2.24, 2.45) is 0 Å². The fourth-order valence-corrected chi connectivity index (χ4v) is 4.30. The van der Waals surface area contributed by atoms with Gasteiger partial charge in [-0.15, -0.1) is 24.8 Å². The molecule has 178 valence electrons. The Labute approximate surface area is 204 Å². The molecule has 0 fully saturated rings. The maximum atomic E-state index is 11.6. The number of rotatable bonds is 11. The number of H-pyrrole nitrogens is 1. The molecule has 32 heavy (non-hydrogen) atoms. The van der Waals surface area contributed by atoms with Gasteiger partial charge in [0.1, 0.15) is 11.3 Å². The van der Waals surface area contributed by atoms with Crippen molar-refractivity contribution in [1.82, 2.24) is 15.6 Å². The summed E-state index contributed by atoms with van der Waals surface area (Å²) in [4.78, 5) is 14.0. The molecule has 1 aromatic heterocycles. The molecule has 0 aliphatic rings. The summed E-state index contributed by atoms with van der Waals surface area (Å²) in [5.41, 5.74) is 3.47. The number of aromatic nitrogens is 1. The SMILES string of the molecule is COC[C@H](C)NCc1cccc(CCNCC(O)c2ccc(O)c3[nH]c(=O)sc23)c1.Cl.Cl. The van der Waals surface area contributed by atoms with Crippen molar-refractivity contribution >= 4 is 46.4 Å². The van der Waals surface area contributed by atoms with Crippen molar-refractivity contribution in [2.45, 2.75) is 32.0 Å². The van der Waals surface area contributed by atoms with Gasteiger partial charge in [-0.2, -0.15) is 0 Å². The van der Waals surface area contributed by atoms with E-state index in [1.807, 2.05) is 0 Å². The molecule has 0 radical (unpaired) electrons. The van der Waals surface area contributed by atoms with Crippen molar-refractivity contribution in [2.75, 3.05) is 26.8 Å². The van der Waals surface area contributed by atoms with Crippen LogP contribution in [0.5, 0.6) is 5.75 Å². The number of aliphatic hydroxyl groups excluding tert-OH is 1. The van der Waals surface area contributed by atoms with Crippen LogP contribution >= 0.6 is 36.2 Å². The highest BCUT2D eigenvalue weighted by atomic mass is 35.5. The second kappa shape index (κ2) is 13.8. The fourth-order valence-electron chi connectivity index (χ4n) is 3.38. The van der Waals surface area contributed by atoms with Crippen molar-refractivity contribution < 1.29 is 14.9 Å². The first-order valence-electron chi connectivity index (χ1n) is 10.0. The lowest BCUT2D eigenvalue weighted by atomic mass is 10.1. The van der Waals surface area contributed by atoms with Gasteiger partial charge in [-0.3, -0.25) is 4.79 Å². The monoisotopic (exact) mass is 503 g/mol. The topological polar surface area (TPSA) is 107 Å². The number of aromatic amines is 1. The molecule has 0 saturated heterocycles. The third-order valence-electron chi connectivity index (χ3n) is 4.94. The number of hydrogen-bond acceptors (Lipinski definition) is 7. The number of ether oxygens (including phenoxy) is 1.